The first-order valence-electron chi connectivity index (χ1n) is 8.76. The second kappa shape index (κ2) is 7.21. The molecule has 2 fully saturated rings. The number of aromatic nitrogens is 2. The first kappa shape index (κ1) is 18.6. The first-order chi connectivity index (χ1) is 12.1. The van der Waals surface area contributed by atoms with Crippen LogP contribution in [0.1, 0.15) is 24.8 Å². The number of carbonyl (C=O) groups is 1. The van der Waals surface area contributed by atoms with Crippen LogP contribution in [0.15, 0.2) is 35.1 Å². The summed E-state index contributed by atoms with van der Waals surface area (Å²) < 4.78 is 0. The third-order valence-corrected chi connectivity index (χ3v) is 5.58. The zero-order valence-electron chi connectivity index (χ0n) is 14.7. The fourth-order valence-corrected chi connectivity index (χ4v) is 3.84. The minimum atomic E-state index is -0.231. The van der Waals surface area contributed by atoms with Crippen LogP contribution in [-0.2, 0) is 4.79 Å². The lowest BCUT2D eigenvalue weighted by Crippen LogP contribution is -2.31. The topological polar surface area (TPSA) is 86.9 Å². The van der Waals surface area contributed by atoms with Gasteiger partial charge in [-0.1, -0.05) is 12.1 Å². The van der Waals surface area contributed by atoms with Crippen LogP contribution in [-0.4, -0.2) is 29.2 Å². The highest BCUT2D eigenvalue weighted by atomic mass is 35.5. The molecule has 7 heteroatoms. The van der Waals surface area contributed by atoms with Gasteiger partial charge in [0.25, 0.3) is 5.56 Å². The highest BCUT2D eigenvalue weighted by Gasteiger charge is 2.57. The number of aromatic amines is 1. The van der Waals surface area contributed by atoms with Gasteiger partial charge in [0.2, 0.25) is 5.91 Å². The number of hydrogen-bond acceptors (Lipinski definition) is 4. The summed E-state index contributed by atoms with van der Waals surface area (Å²) in [5, 5.41) is 13.0. The largest absolute Gasteiger partial charge is 0.326 e. The molecule has 1 saturated carbocycles. The molecule has 1 aliphatic heterocycles. The van der Waals surface area contributed by atoms with Gasteiger partial charge in [-0.05, 0) is 62.4 Å². The number of halogens is 1. The Hall–Kier alpha value is -2.18. The predicted molar refractivity (Wildman–Crippen MR) is 104 cm³/mol. The van der Waals surface area contributed by atoms with Crippen molar-refractivity contribution in [3.63, 3.8) is 0 Å². The van der Waals surface area contributed by atoms with Crippen LogP contribution in [0.3, 0.4) is 0 Å². The second-order valence-corrected chi connectivity index (χ2v) is 7.19. The molecule has 1 amide bonds. The van der Waals surface area contributed by atoms with E-state index in [9.17, 15) is 9.59 Å². The molecule has 3 N–H and O–H groups in total. The number of hydrogen-bond donors (Lipinski definition) is 3. The molecular weight excluding hydrogens is 352 g/mol. The monoisotopic (exact) mass is 374 g/mol. The van der Waals surface area contributed by atoms with Crippen molar-refractivity contribution in [3.05, 3.63) is 46.2 Å². The predicted octanol–water partition coefficient (Wildman–Crippen LogP) is 2.50. The van der Waals surface area contributed by atoms with Gasteiger partial charge in [0.15, 0.2) is 0 Å². The van der Waals surface area contributed by atoms with Gasteiger partial charge in [-0.3, -0.25) is 9.59 Å². The van der Waals surface area contributed by atoms with Crippen LogP contribution in [0.2, 0.25) is 0 Å². The van der Waals surface area contributed by atoms with E-state index in [0.717, 1.165) is 49.2 Å². The number of nitrogens with one attached hydrogen (secondary N) is 3. The van der Waals surface area contributed by atoms with E-state index in [1.54, 1.807) is 6.07 Å². The van der Waals surface area contributed by atoms with Crippen molar-refractivity contribution in [2.24, 2.45) is 11.3 Å². The van der Waals surface area contributed by atoms with E-state index in [1.807, 2.05) is 25.1 Å². The molecule has 1 atom stereocenters. The van der Waals surface area contributed by atoms with Crippen molar-refractivity contribution in [3.8, 4) is 11.3 Å². The van der Waals surface area contributed by atoms with Crippen molar-refractivity contribution >= 4 is 24.0 Å². The van der Waals surface area contributed by atoms with Crippen LogP contribution in [0.4, 0.5) is 5.69 Å². The third-order valence-electron chi connectivity index (χ3n) is 5.58. The van der Waals surface area contributed by atoms with Gasteiger partial charge in [0, 0.05) is 23.2 Å². The van der Waals surface area contributed by atoms with Crippen LogP contribution in [0, 0.1) is 18.3 Å². The van der Waals surface area contributed by atoms with E-state index in [1.165, 1.54) is 6.07 Å². The maximum absolute atomic E-state index is 12.7. The van der Waals surface area contributed by atoms with Gasteiger partial charge in [0.05, 0.1) is 5.69 Å². The summed E-state index contributed by atoms with van der Waals surface area (Å²) in [6.45, 7) is 4.00. The Balaban J connectivity index is 0.00000196. The van der Waals surface area contributed by atoms with Crippen LogP contribution in [0.25, 0.3) is 11.3 Å². The second-order valence-electron chi connectivity index (χ2n) is 7.19. The summed E-state index contributed by atoms with van der Waals surface area (Å²) in [6, 6.07) is 8.96. The molecule has 1 aromatic carbocycles. The Morgan fingerprint density at radius 3 is 2.69 bits per heavy atom. The first-order valence-corrected chi connectivity index (χ1v) is 8.76. The average Bonchev–Trinajstić information content (AvgIpc) is 3.31. The summed E-state index contributed by atoms with van der Waals surface area (Å²) in [4.78, 5) is 23.9. The Morgan fingerprint density at radius 2 is 2.00 bits per heavy atom. The van der Waals surface area contributed by atoms with E-state index >= 15 is 0 Å². The van der Waals surface area contributed by atoms with Crippen molar-refractivity contribution in [1.29, 1.82) is 0 Å². The summed E-state index contributed by atoms with van der Waals surface area (Å²) in [7, 11) is 0. The molecular formula is C19H23ClN4O2. The summed E-state index contributed by atoms with van der Waals surface area (Å²) in [5.41, 5.74) is 3.36. The van der Waals surface area contributed by atoms with E-state index < -0.39 is 0 Å². The fraction of sp³-hybridized carbons (Fsp3) is 0.421. The molecule has 1 saturated heterocycles. The van der Waals surface area contributed by atoms with Gasteiger partial charge in [-0.15, -0.1) is 12.4 Å². The maximum Gasteiger partial charge on any atom is 0.264 e. The average molecular weight is 375 g/mol. The molecule has 1 spiro atoms. The number of carbonyl (C=O) groups excluding carboxylic acids is 1. The number of aryl methyl sites for hydroxylation is 1. The Morgan fingerprint density at radius 1 is 1.23 bits per heavy atom. The molecule has 1 unspecified atom stereocenters. The standard InChI is InChI=1S/C19H22N4O2.ClH/c1-12-2-3-13(15-4-5-17(24)23-22-15)10-16(12)21-18(25)14-11-19(14)6-8-20-9-7-19;/h2-5,10,14,20H,6-9,11H2,1H3,(H,21,25)(H,23,24);1H. The van der Waals surface area contributed by atoms with Crippen molar-refractivity contribution < 1.29 is 4.79 Å². The van der Waals surface area contributed by atoms with Crippen LogP contribution in [0.5, 0.6) is 0 Å². The summed E-state index contributed by atoms with van der Waals surface area (Å²) >= 11 is 0. The van der Waals surface area contributed by atoms with E-state index in [-0.39, 0.29) is 35.2 Å². The van der Waals surface area contributed by atoms with E-state index in [4.69, 9.17) is 0 Å². The minimum absolute atomic E-state index is 0. The molecule has 4 rings (SSSR count). The lowest BCUT2D eigenvalue weighted by molar-refractivity contribution is -0.118. The lowest BCUT2D eigenvalue weighted by atomic mass is 9.91. The molecule has 2 aliphatic rings. The molecule has 2 aromatic rings. The number of H-pyrrole nitrogens is 1. The van der Waals surface area contributed by atoms with Crippen molar-refractivity contribution in [2.45, 2.75) is 26.2 Å². The van der Waals surface area contributed by atoms with Gasteiger partial charge in [-0.25, -0.2) is 5.10 Å². The Labute approximate surface area is 158 Å². The van der Waals surface area contributed by atoms with E-state index in [2.05, 4.69) is 20.8 Å². The zero-order chi connectivity index (χ0) is 17.4. The molecule has 1 aliphatic carbocycles. The quantitative estimate of drug-likeness (QED) is 0.770. The van der Waals surface area contributed by atoms with Crippen LogP contribution >= 0.6 is 12.4 Å². The Kier molecular flexibility index (Phi) is 5.16. The molecule has 0 bridgehead atoms. The van der Waals surface area contributed by atoms with Gasteiger partial charge >= 0.3 is 0 Å². The highest BCUT2D eigenvalue weighted by Crippen LogP contribution is 2.58. The van der Waals surface area contributed by atoms with Gasteiger partial charge in [0.1, 0.15) is 0 Å². The molecule has 2 heterocycles. The Bertz CT molecular complexity index is 854. The summed E-state index contributed by atoms with van der Waals surface area (Å²) in [5.74, 6) is 0.250. The van der Waals surface area contributed by atoms with Crippen molar-refractivity contribution in [2.75, 3.05) is 18.4 Å². The minimum Gasteiger partial charge on any atom is -0.326 e. The number of rotatable bonds is 3. The van der Waals surface area contributed by atoms with Crippen molar-refractivity contribution in [1.82, 2.24) is 15.5 Å². The van der Waals surface area contributed by atoms with E-state index in [0.29, 0.717) is 5.69 Å². The maximum atomic E-state index is 12.7. The number of piperidine rings is 1. The molecule has 6 nitrogen and oxygen atoms in total. The smallest absolute Gasteiger partial charge is 0.264 e. The lowest BCUT2D eigenvalue weighted by Gasteiger charge is -2.23. The van der Waals surface area contributed by atoms with Gasteiger partial charge < -0.3 is 10.6 Å². The highest BCUT2D eigenvalue weighted by molar-refractivity contribution is 5.96. The fourth-order valence-electron chi connectivity index (χ4n) is 3.84. The zero-order valence-corrected chi connectivity index (χ0v) is 15.5. The number of nitrogens with zero attached hydrogens (tertiary/aromatic N) is 1. The van der Waals surface area contributed by atoms with Crippen LogP contribution < -0.4 is 16.2 Å². The molecule has 26 heavy (non-hydrogen) atoms. The number of anilines is 1. The van der Waals surface area contributed by atoms with Gasteiger partial charge in [-0.2, -0.15) is 5.10 Å². The molecule has 138 valence electrons. The SMILES string of the molecule is Cc1ccc(-c2ccc(=O)[nH]n2)cc1NC(=O)C1CC12CCNCC2.Cl. The number of benzene rings is 1. The third kappa shape index (κ3) is 3.52. The molecule has 0 radical (unpaired) electrons. The summed E-state index contributed by atoms with van der Waals surface area (Å²) in [6.07, 6.45) is 3.18. The number of amides is 1. The normalized spacial score (nSPS) is 20.3. The molecule has 1 aromatic heterocycles.